The molecule has 0 aromatic heterocycles. The normalized spacial score (nSPS) is 10.5. The summed E-state index contributed by atoms with van der Waals surface area (Å²) < 4.78 is 0. The number of nitro benzene ring substituents is 1. The molecule has 0 atom stereocenters. The first-order valence-corrected chi connectivity index (χ1v) is 6.27. The Balaban J connectivity index is 1.97. The molecule has 1 N–H and O–H groups in total. The number of nitro groups is 1. The van der Waals surface area contributed by atoms with Gasteiger partial charge in [0, 0.05) is 22.7 Å². The van der Waals surface area contributed by atoms with Gasteiger partial charge in [-0.1, -0.05) is 11.6 Å². The lowest BCUT2D eigenvalue weighted by Gasteiger charge is -1.99. The van der Waals surface area contributed by atoms with E-state index in [1.807, 2.05) is 0 Å². The molecule has 0 heterocycles. The molecule has 0 aliphatic heterocycles. The third-order valence-electron chi connectivity index (χ3n) is 2.59. The van der Waals surface area contributed by atoms with Crippen molar-refractivity contribution in [3.8, 4) is 0 Å². The van der Waals surface area contributed by atoms with Crippen molar-refractivity contribution in [3.63, 3.8) is 0 Å². The summed E-state index contributed by atoms with van der Waals surface area (Å²) >= 11 is 5.73. The summed E-state index contributed by atoms with van der Waals surface area (Å²) in [5, 5.41) is 14.8. The highest BCUT2D eigenvalue weighted by molar-refractivity contribution is 6.30. The van der Waals surface area contributed by atoms with Crippen molar-refractivity contribution < 1.29 is 9.72 Å². The second-order valence-corrected chi connectivity index (χ2v) is 4.49. The average Bonchev–Trinajstić information content (AvgIpc) is 2.48. The Morgan fingerprint density at radius 1 is 1.14 bits per heavy atom. The van der Waals surface area contributed by atoms with E-state index in [9.17, 15) is 14.9 Å². The first-order valence-electron chi connectivity index (χ1n) is 5.90. The van der Waals surface area contributed by atoms with Crippen LogP contribution in [0.2, 0.25) is 5.02 Å². The van der Waals surface area contributed by atoms with Gasteiger partial charge in [-0.2, -0.15) is 5.10 Å². The van der Waals surface area contributed by atoms with Gasteiger partial charge in [0.25, 0.3) is 11.6 Å². The molecular formula is C14H10ClN3O3. The van der Waals surface area contributed by atoms with E-state index in [1.165, 1.54) is 30.5 Å². The van der Waals surface area contributed by atoms with Crippen LogP contribution in [0.1, 0.15) is 15.9 Å². The number of hydrogen-bond acceptors (Lipinski definition) is 4. The number of amides is 1. The number of nitrogens with one attached hydrogen (secondary N) is 1. The fourth-order valence-corrected chi connectivity index (χ4v) is 1.64. The van der Waals surface area contributed by atoms with Gasteiger partial charge in [-0.3, -0.25) is 14.9 Å². The molecule has 0 saturated heterocycles. The van der Waals surface area contributed by atoms with Crippen LogP contribution in [-0.4, -0.2) is 17.0 Å². The van der Waals surface area contributed by atoms with Crippen LogP contribution in [0.4, 0.5) is 5.69 Å². The highest BCUT2D eigenvalue weighted by atomic mass is 35.5. The molecule has 106 valence electrons. The molecule has 0 fully saturated rings. The van der Waals surface area contributed by atoms with Crippen LogP contribution in [0.25, 0.3) is 0 Å². The molecule has 0 aliphatic carbocycles. The van der Waals surface area contributed by atoms with E-state index in [1.54, 1.807) is 24.3 Å². The number of carbonyl (C=O) groups excluding carboxylic acids is 1. The van der Waals surface area contributed by atoms with Crippen LogP contribution in [0.5, 0.6) is 0 Å². The maximum atomic E-state index is 11.7. The van der Waals surface area contributed by atoms with Crippen LogP contribution < -0.4 is 5.43 Å². The van der Waals surface area contributed by atoms with Crippen LogP contribution in [-0.2, 0) is 0 Å². The summed E-state index contributed by atoms with van der Waals surface area (Å²) in [5.74, 6) is -0.371. The molecule has 2 aromatic carbocycles. The van der Waals surface area contributed by atoms with Crippen molar-refractivity contribution in [2.45, 2.75) is 0 Å². The zero-order valence-corrected chi connectivity index (χ0v) is 11.4. The summed E-state index contributed by atoms with van der Waals surface area (Å²) in [6.07, 6.45) is 1.40. The van der Waals surface area contributed by atoms with Crippen molar-refractivity contribution in [1.29, 1.82) is 0 Å². The minimum atomic E-state index is -0.483. The Hall–Kier alpha value is -2.73. The maximum absolute atomic E-state index is 11.7. The summed E-state index contributed by atoms with van der Waals surface area (Å²) in [6, 6.07) is 12.2. The van der Waals surface area contributed by atoms with Gasteiger partial charge in [0.15, 0.2) is 0 Å². The van der Waals surface area contributed by atoms with Gasteiger partial charge in [0.2, 0.25) is 0 Å². The number of hydrogen-bond donors (Lipinski definition) is 1. The van der Waals surface area contributed by atoms with E-state index < -0.39 is 4.92 Å². The Bertz CT molecular complexity index is 682. The Labute approximate surface area is 125 Å². The zero-order chi connectivity index (χ0) is 15.2. The number of benzene rings is 2. The maximum Gasteiger partial charge on any atom is 0.271 e. The topological polar surface area (TPSA) is 84.6 Å². The second-order valence-electron chi connectivity index (χ2n) is 4.05. The number of nitrogens with zero attached hydrogens (tertiary/aromatic N) is 2. The fourth-order valence-electron chi connectivity index (χ4n) is 1.51. The molecule has 0 spiro atoms. The minimum absolute atomic E-state index is 0.00245. The predicted molar refractivity (Wildman–Crippen MR) is 79.6 cm³/mol. The van der Waals surface area contributed by atoms with E-state index in [0.29, 0.717) is 16.1 Å². The van der Waals surface area contributed by atoms with Gasteiger partial charge < -0.3 is 0 Å². The number of hydrazone groups is 1. The molecule has 21 heavy (non-hydrogen) atoms. The Morgan fingerprint density at radius 2 is 1.76 bits per heavy atom. The van der Waals surface area contributed by atoms with Gasteiger partial charge in [0.1, 0.15) is 0 Å². The van der Waals surface area contributed by atoms with Crippen LogP contribution >= 0.6 is 11.6 Å². The smallest absolute Gasteiger partial charge is 0.267 e. The lowest BCUT2D eigenvalue weighted by atomic mass is 10.2. The van der Waals surface area contributed by atoms with Crippen molar-refractivity contribution in [3.05, 3.63) is 74.8 Å². The molecular weight excluding hydrogens is 294 g/mol. The third-order valence-corrected chi connectivity index (χ3v) is 2.84. The number of carbonyl (C=O) groups is 1. The third kappa shape index (κ3) is 4.12. The molecule has 0 radical (unpaired) electrons. The van der Waals surface area contributed by atoms with Gasteiger partial charge in [-0.05, 0) is 42.0 Å². The van der Waals surface area contributed by atoms with Gasteiger partial charge in [-0.15, -0.1) is 0 Å². The molecule has 1 amide bonds. The number of non-ortho nitro benzene ring substituents is 1. The number of rotatable bonds is 4. The number of halogens is 1. The highest BCUT2D eigenvalue weighted by Crippen LogP contribution is 2.11. The monoisotopic (exact) mass is 303 g/mol. The molecule has 2 aromatic rings. The predicted octanol–water partition coefficient (Wildman–Crippen LogP) is 3.01. The lowest BCUT2D eigenvalue weighted by molar-refractivity contribution is -0.384. The molecule has 6 nitrogen and oxygen atoms in total. The first-order chi connectivity index (χ1) is 10.1. The summed E-state index contributed by atoms with van der Waals surface area (Å²) in [5.41, 5.74) is 3.42. The van der Waals surface area contributed by atoms with Crippen molar-refractivity contribution in [2.75, 3.05) is 0 Å². The second kappa shape index (κ2) is 6.62. The average molecular weight is 304 g/mol. The first kappa shape index (κ1) is 14.7. The van der Waals surface area contributed by atoms with E-state index >= 15 is 0 Å². The largest absolute Gasteiger partial charge is 0.271 e. The molecule has 0 bridgehead atoms. The fraction of sp³-hybridized carbons (Fsp3) is 0. The van der Waals surface area contributed by atoms with E-state index in [2.05, 4.69) is 10.5 Å². The summed E-state index contributed by atoms with van der Waals surface area (Å²) in [7, 11) is 0. The van der Waals surface area contributed by atoms with Crippen molar-refractivity contribution >= 4 is 29.4 Å². The highest BCUT2D eigenvalue weighted by Gasteiger charge is 2.04. The van der Waals surface area contributed by atoms with Crippen LogP contribution in [0.3, 0.4) is 0 Å². The molecule has 7 heteroatoms. The Morgan fingerprint density at radius 3 is 2.33 bits per heavy atom. The van der Waals surface area contributed by atoms with Crippen molar-refractivity contribution in [1.82, 2.24) is 5.43 Å². The lowest BCUT2D eigenvalue weighted by Crippen LogP contribution is -2.17. The zero-order valence-electron chi connectivity index (χ0n) is 10.7. The van der Waals surface area contributed by atoms with E-state index in [0.717, 1.165) is 0 Å². The van der Waals surface area contributed by atoms with Gasteiger partial charge in [-0.25, -0.2) is 5.43 Å². The SMILES string of the molecule is O=C(N/N=C\c1ccc([N+](=O)[O-])cc1)c1ccc(Cl)cc1. The van der Waals surface area contributed by atoms with Crippen LogP contribution in [0, 0.1) is 10.1 Å². The molecule has 0 aliphatic rings. The van der Waals surface area contributed by atoms with Gasteiger partial charge in [0.05, 0.1) is 11.1 Å². The molecule has 0 saturated carbocycles. The minimum Gasteiger partial charge on any atom is -0.267 e. The molecule has 2 rings (SSSR count). The summed E-state index contributed by atoms with van der Waals surface area (Å²) in [4.78, 5) is 21.8. The standard InChI is InChI=1S/C14H10ClN3O3/c15-12-5-3-11(4-6-12)14(19)17-16-9-10-1-7-13(8-2-10)18(20)21/h1-9H,(H,17,19)/b16-9-. The quantitative estimate of drug-likeness (QED) is 0.535. The van der Waals surface area contributed by atoms with E-state index in [4.69, 9.17) is 11.6 Å². The van der Waals surface area contributed by atoms with Crippen molar-refractivity contribution in [2.24, 2.45) is 5.10 Å². The van der Waals surface area contributed by atoms with E-state index in [-0.39, 0.29) is 11.6 Å². The molecule has 0 unspecified atom stereocenters. The van der Waals surface area contributed by atoms with Crippen LogP contribution in [0.15, 0.2) is 53.6 Å². The van der Waals surface area contributed by atoms with Gasteiger partial charge >= 0.3 is 0 Å². The summed E-state index contributed by atoms with van der Waals surface area (Å²) in [6.45, 7) is 0. The Kier molecular flexibility index (Phi) is 4.63.